The first kappa shape index (κ1) is 15.2. The number of halogens is 5. The Hall–Kier alpha value is -1.15. The van der Waals surface area contributed by atoms with Crippen LogP contribution in [0.4, 0.5) is 17.6 Å². The van der Waals surface area contributed by atoms with Gasteiger partial charge >= 0.3 is 6.18 Å². The van der Waals surface area contributed by atoms with Gasteiger partial charge in [-0.3, -0.25) is 0 Å². The van der Waals surface area contributed by atoms with Crippen molar-refractivity contribution in [2.24, 2.45) is 0 Å². The number of alkyl halides is 3. The maximum Gasteiger partial charge on any atom is 0.419 e. The molecule has 0 fully saturated rings. The Bertz CT molecular complexity index is 625. The van der Waals surface area contributed by atoms with Gasteiger partial charge in [0.15, 0.2) is 0 Å². The lowest BCUT2D eigenvalue weighted by Gasteiger charge is -2.14. The fraction of sp³-hybridized carbons (Fsp3) is 0.143. The summed E-state index contributed by atoms with van der Waals surface area (Å²) in [5.41, 5.74) is -0.760. The summed E-state index contributed by atoms with van der Waals surface area (Å²) in [6.07, 6.45) is -5.91. The highest BCUT2D eigenvalue weighted by molar-refractivity contribution is 14.1. The van der Waals surface area contributed by atoms with Crippen LogP contribution in [0.25, 0.3) is 0 Å². The summed E-state index contributed by atoms with van der Waals surface area (Å²) in [5.74, 6) is -1.39. The van der Waals surface area contributed by atoms with Crippen LogP contribution in [0.3, 0.4) is 0 Å². The molecule has 2 rings (SSSR count). The van der Waals surface area contributed by atoms with Gasteiger partial charge in [-0.05, 0) is 58.0 Å². The molecule has 1 N–H and O–H groups in total. The maximum atomic E-state index is 13.5. The zero-order valence-corrected chi connectivity index (χ0v) is 12.1. The van der Waals surface area contributed by atoms with Gasteiger partial charge in [0.05, 0.1) is 5.56 Å². The van der Waals surface area contributed by atoms with Gasteiger partial charge < -0.3 is 5.11 Å². The quantitative estimate of drug-likeness (QED) is 0.585. The molecule has 0 bridgehead atoms. The first-order chi connectivity index (χ1) is 9.29. The average Bonchev–Trinajstić information content (AvgIpc) is 2.36. The van der Waals surface area contributed by atoms with Crippen LogP contribution in [-0.4, -0.2) is 5.11 Å². The first-order valence-electron chi connectivity index (χ1n) is 5.59. The van der Waals surface area contributed by atoms with Crippen LogP contribution < -0.4 is 0 Å². The third-order valence-corrected chi connectivity index (χ3v) is 3.45. The minimum Gasteiger partial charge on any atom is -0.384 e. The van der Waals surface area contributed by atoms with Gasteiger partial charge in [0, 0.05) is 3.57 Å². The smallest absolute Gasteiger partial charge is 0.384 e. The summed E-state index contributed by atoms with van der Waals surface area (Å²) in [7, 11) is 0. The molecule has 0 heterocycles. The Morgan fingerprint density at radius 1 is 1.00 bits per heavy atom. The van der Waals surface area contributed by atoms with Gasteiger partial charge in [-0.25, -0.2) is 4.39 Å². The number of aliphatic hydroxyl groups is 1. The Morgan fingerprint density at radius 3 is 2.20 bits per heavy atom. The highest BCUT2D eigenvalue weighted by Crippen LogP contribution is 2.33. The Labute approximate surface area is 126 Å². The minimum absolute atomic E-state index is 0.0810. The van der Waals surface area contributed by atoms with E-state index in [0.29, 0.717) is 17.7 Å². The molecule has 2 aromatic rings. The number of hydrogen-bond donors (Lipinski definition) is 1. The van der Waals surface area contributed by atoms with Crippen LogP contribution in [0, 0.1) is 9.39 Å². The number of benzene rings is 2. The summed E-state index contributed by atoms with van der Waals surface area (Å²) in [5, 5.41) is 10.1. The summed E-state index contributed by atoms with van der Waals surface area (Å²) in [6, 6.07) is 9.26. The zero-order chi connectivity index (χ0) is 14.9. The Balaban J connectivity index is 2.37. The van der Waals surface area contributed by atoms with Crippen LogP contribution >= 0.6 is 22.6 Å². The van der Waals surface area contributed by atoms with Crippen LogP contribution in [0.2, 0.25) is 0 Å². The second kappa shape index (κ2) is 5.69. The number of rotatable bonds is 2. The number of aliphatic hydroxyl groups excluding tert-OH is 1. The molecule has 0 aliphatic rings. The predicted octanol–water partition coefficient (Wildman–Crippen LogP) is 4.53. The van der Waals surface area contributed by atoms with E-state index in [-0.39, 0.29) is 5.56 Å². The Morgan fingerprint density at radius 2 is 1.65 bits per heavy atom. The topological polar surface area (TPSA) is 20.2 Å². The van der Waals surface area contributed by atoms with E-state index in [1.807, 2.05) is 28.7 Å². The summed E-state index contributed by atoms with van der Waals surface area (Å²) >= 11 is 2.05. The second-order valence-electron chi connectivity index (χ2n) is 4.19. The molecule has 0 aliphatic carbocycles. The van der Waals surface area contributed by atoms with Gasteiger partial charge in [-0.15, -0.1) is 0 Å². The molecule has 0 aliphatic heterocycles. The normalized spacial score (nSPS) is 13.3. The van der Waals surface area contributed by atoms with Crippen LogP contribution in [0.15, 0.2) is 42.5 Å². The lowest BCUT2D eigenvalue weighted by Crippen LogP contribution is -2.09. The second-order valence-corrected chi connectivity index (χ2v) is 5.44. The zero-order valence-electron chi connectivity index (χ0n) is 9.96. The molecule has 0 saturated carbocycles. The fourth-order valence-electron chi connectivity index (χ4n) is 1.80. The van der Waals surface area contributed by atoms with Crippen molar-refractivity contribution >= 4 is 22.6 Å². The van der Waals surface area contributed by atoms with Crippen molar-refractivity contribution in [1.29, 1.82) is 0 Å². The Kier molecular flexibility index (Phi) is 4.33. The van der Waals surface area contributed by atoms with E-state index < -0.39 is 23.7 Å². The van der Waals surface area contributed by atoms with E-state index in [1.54, 1.807) is 18.2 Å². The molecule has 0 radical (unpaired) electrons. The van der Waals surface area contributed by atoms with Crippen molar-refractivity contribution in [3.05, 3.63) is 68.5 Å². The monoisotopic (exact) mass is 396 g/mol. The molecule has 0 spiro atoms. The molecular weight excluding hydrogens is 387 g/mol. The van der Waals surface area contributed by atoms with Crippen molar-refractivity contribution in [1.82, 2.24) is 0 Å². The SMILES string of the molecule is OC(c1cccc(I)c1)c1ccc(C(F)(F)F)c(F)c1. The van der Waals surface area contributed by atoms with Crippen molar-refractivity contribution in [3.63, 3.8) is 0 Å². The van der Waals surface area contributed by atoms with Gasteiger partial charge in [0.2, 0.25) is 0 Å². The number of hydrogen-bond acceptors (Lipinski definition) is 1. The van der Waals surface area contributed by atoms with Crippen molar-refractivity contribution in [3.8, 4) is 0 Å². The van der Waals surface area contributed by atoms with E-state index in [1.165, 1.54) is 0 Å². The van der Waals surface area contributed by atoms with Crippen molar-refractivity contribution in [2.75, 3.05) is 0 Å². The minimum atomic E-state index is -4.74. The molecule has 0 aromatic heterocycles. The highest BCUT2D eigenvalue weighted by Gasteiger charge is 2.34. The van der Waals surface area contributed by atoms with Crippen LogP contribution in [0.1, 0.15) is 22.8 Å². The maximum absolute atomic E-state index is 13.5. The lowest BCUT2D eigenvalue weighted by atomic mass is 10.00. The molecule has 1 nitrogen and oxygen atoms in total. The van der Waals surface area contributed by atoms with Gasteiger partial charge in [-0.1, -0.05) is 18.2 Å². The lowest BCUT2D eigenvalue weighted by molar-refractivity contribution is -0.140. The third-order valence-electron chi connectivity index (χ3n) is 2.78. The van der Waals surface area contributed by atoms with Crippen molar-refractivity contribution < 1.29 is 22.7 Å². The van der Waals surface area contributed by atoms with Gasteiger partial charge in [0.1, 0.15) is 11.9 Å². The van der Waals surface area contributed by atoms with E-state index in [2.05, 4.69) is 0 Å². The van der Waals surface area contributed by atoms with E-state index in [9.17, 15) is 22.7 Å². The van der Waals surface area contributed by atoms with E-state index >= 15 is 0 Å². The highest BCUT2D eigenvalue weighted by atomic mass is 127. The molecule has 1 unspecified atom stereocenters. The predicted molar refractivity (Wildman–Crippen MR) is 74.6 cm³/mol. The van der Waals surface area contributed by atoms with Gasteiger partial charge in [0.25, 0.3) is 0 Å². The van der Waals surface area contributed by atoms with Gasteiger partial charge in [-0.2, -0.15) is 13.2 Å². The summed E-state index contributed by atoms with van der Waals surface area (Å²) in [4.78, 5) is 0. The van der Waals surface area contributed by atoms with Crippen molar-refractivity contribution in [2.45, 2.75) is 12.3 Å². The van der Waals surface area contributed by atoms with Crippen LogP contribution in [0.5, 0.6) is 0 Å². The standard InChI is InChI=1S/C14H9F4IO/c15-12-7-9(4-5-11(12)14(16,17)18)13(20)8-2-1-3-10(19)6-8/h1-7,13,20H. The fourth-order valence-corrected chi connectivity index (χ4v) is 2.37. The molecular formula is C14H9F4IO. The molecule has 1 atom stereocenters. The molecule has 0 amide bonds. The summed E-state index contributed by atoms with van der Waals surface area (Å²) in [6.45, 7) is 0. The molecule has 2 aromatic carbocycles. The van der Waals surface area contributed by atoms with Crippen LogP contribution in [-0.2, 0) is 6.18 Å². The molecule has 20 heavy (non-hydrogen) atoms. The largest absolute Gasteiger partial charge is 0.419 e. The molecule has 106 valence electrons. The molecule has 6 heteroatoms. The average molecular weight is 396 g/mol. The van der Waals surface area contributed by atoms with E-state index in [0.717, 1.165) is 9.64 Å². The third kappa shape index (κ3) is 3.29. The first-order valence-corrected chi connectivity index (χ1v) is 6.67. The molecule has 0 saturated heterocycles. The van der Waals surface area contributed by atoms with E-state index in [4.69, 9.17) is 0 Å². The summed E-state index contributed by atoms with van der Waals surface area (Å²) < 4.78 is 51.7.